The van der Waals surface area contributed by atoms with Crippen LogP contribution in [0.2, 0.25) is 0 Å². The molecule has 0 radical (unpaired) electrons. The largest absolute Gasteiger partial charge is 0.476 e. The molecule has 1 saturated heterocycles. The predicted octanol–water partition coefficient (Wildman–Crippen LogP) is 0.524. The van der Waals surface area contributed by atoms with Gasteiger partial charge < -0.3 is 20.6 Å². The number of carboxylic acid groups (broad SMARTS) is 1. The van der Waals surface area contributed by atoms with Crippen molar-refractivity contribution in [3.8, 4) is 0 Å². The van der Waals surface area contributed by atoms with Gasteiger partial charge in [0.2, 0.25) is 5.91 Å². The summed E-state index contributed by atoms with van der Waals surface area (Å²) >= 11 is 0. The number of likely N-dealkylation sites (tertiary alicyclic amines) is 1. The number of urea groups is 1. The Bertz CT molecular complexity index is 555. The molecule has 1 aromatic heterocycles. The number of nitrogens with one attached hydrogen (secondary N) is 2. The molecule has 1 aliphatic heterocycles. The molecule has 21 heavy (non-hydrogen) atoms. The summed E-state index contributed by atoms with van der Waals surface area (Å²) in [7, 11) is 0. The molecule has 1 aromatic rings. The van der Waals surface area contributed by atoms with E-state index in [9.17, 15) is 14.4 Å². The molecule has 3 N–H and O–H groups in total. The minimum Gasteiger partial charge on any atom is -0.476 e. The predicted molar refractivity (Wildman–Crippen MR) is 74.0 cm³/mol. The third-order valence-electron chi connectivity index (χ3n) is 3.12. The van der Waals surface area contributed by atoms with E-state index in [0.29, 0.717) is 13.1 Å². The van der Waals surface area contributed by atoms with Crippen LogP contribution < -0.4 is 10.6 Å². The molecule has 2 heterocycles. The number of carboxylic acids is 1. The summed E-state index contributed by atoms with van der Waals surface area (Å²) in [6.45, 7) is 1.32. The number of rotatable bonds is 4. The fourth-order valence-corrected chi connectivity index (χ4v) is 2.08. The molecule has 0 aliphatic carbocycles. The van der Waals surface area contributed by atoms with Crippen molar-refractivity contribution < 1.29 is 19.5 Å². The van der Waals surface area contributed by atoms with E-state index in [-0.39, 0.29) is 23.8 Å². The van der Waals surface area contributed by atoms with Crippen molar-refractivity contribution in [3.63, 3.8) is 0 Å². The highest BCUT2D eigenvalue weighted by Crippen LogP contribution is 2.11. The number of carbonyl (C=O) groups is 3. The molecule has 0 spiro atoms. The molecule has 0 unspecified atom stereocenters. The van der Waals surface area contributed by atoms with Crippen LogP contribution in [-0.2, 0) is 4.79 Å². The Morgan fingerprint density at radius 2 is 2.00 bits per heavy atom. The van der Waals surface area contributed by atoms with Gasteiger partial charge in [0.25, 0.3) is 0 Å². The Hall–Kier alpha value is -2.64. The average molecular weight is 292 g/mol. The monoisotopic (exact) mass is 292 g/mol. The maximum absolute atomic E-state index is 11.8. The molecule has 0 saturated carbocycles. The number of amides is 3. The van der Waals surface area contributed by atoms with Gasteiger partial charge in [-0.2, -0.15) is 0 Å². The lowest BCUT2D eigenvalue weighted by Gasteiger charge is -2.15. The normalized spacial score (nSPS) is 13.8. The third-order valence-corrected chi connectivity index (χ3v) is 3.12. The summed E-state index contributed by atoms with van der Waals surface area (Å²) < 4.78 is 0. The number of hydrogen-bond donors (Lipinski definition) is 3. The Morgan fingerprint density at radius 3 is 2.67 bits per heavy atom. The first-order chi connectivity index (χ1) is 10.1. The molecular formula is C13H16N4O4. The Kier molecular flexibility index (Phi) is 4.70. The van der Waals surface area contributed by atoms with Crippen molar-refractivity contribution in [3.05, 3.63) is 24.0 Å². The van der Waals surface area contributed by atoms with Crippen LogP contribution in [0.3, 0.4) is 0 Å². The molecule has 2 rings (SSSR count). The van der Waals surface area contributed by atoms with E-state index in [4.69, 9.17) is 5.11 Å². The van der Waals surface area contributed by atoms with Gasteiger partial charge in [0.1, 0.15) is 0 Å². The number of hydrogen-bond acceptors (Lipinski definition) is 4. The Balaban J connectivity index is 1.87. The lowest BCUT2D eigenvalue weighted by atomic mass is 10.3. The number of nitrogens with zero attached hydrogens (tertiary/aromatic N) is 2. The smallest absolute Gasteiger partial charge is 0.356 e. The first kappa shape index (κ1) is 14.8. The topological polar surface area (TPSA) is 112 Å². The zero-order valence-corrected chi connectivity index (χ0v) is 11.3. The first-order valence-electron chi connectivity index (χ1n) is 6.59. The minimum atomic E-state index is -1.24. The number of aromatic carboxylic acids is 1. The number of aromatic nitrogens is 1. The van der Waals surface area contributed by atoms with Crippen molar-refractivity contribution in [1.82, 2.24) is 15.2 Å². The SMILES string of the molecule is O=C(NCC(=O)N1CCCC1)Nc1cccnc1C(=O)O. The maximum Gasteiger partial charge on any atom is 0.356 e. The summed E-state index contributed by atoms with van der Waals surface area (Å²) in [6.07, 6.45) is 3.29. The zero-order chi connectivity index (χ0) is 15.2. The highest BCUT2D eigenvalue weighted by Gasteiger charge is 2.18. The van der Waals surface area contributed by atoms with Gasteiger partial charge in [0, 0.05) is 19.3 Å². The van der Waals surface area contributed by atoms with E-state index in [1.807, 2.05) is 0 Å². The van der Waals surface area contributed by atoms with E-state index < -0.39 is 12.0 Å². The second-order valence-electron chi connectivity index (χ2n) is 4.60. The number of anilines is 1. The van der Waals surface area contributed by atoms with Gasteiger partial charge in [-0.05, 0) is 25.0 Å². The second kappa shape index (κ2) is 6.69. The fraction of sp³-hybridized carbons (Fsp3) is 0.385. The maximum atomic E-state index is 11.8. The third kappa shape index (κ3) is 3.91. The van der Waals surface area contributed by atoms with Crippen LogP contribution >= 0.6 is 0 Å². The summed E-state index contributed by atoms with van der Waals surface area (Å²) in [5, 5.41) is 13.7. The highest BCUT2D eigenvalue weighted by atomic mass is 16.4. The van der Waals surface area contributed by atoms with E-state index in [0.717, 1.165) is 12.8 Å². The summed E-state index contributed by atoms with van der Waals surface area (Å²) in [5.41, 5.74) is -0.172. The molecule has 3 amide bonds. The van der Waals surface area contributed by atoms with Gasteiger partial charge in [-0.25, -0.2) is 14.6 Å². The number of pyridine rings is 1. The molecule has 1 aliphatic rings. The van der Waals surface area contributed by atoms with Crippen molar-refractivity contribution in [2.24, 2.45) is 0 Å². The van der Waals surface area contributed by atoms with Crippen molar-refractivity contribution in [1.29, 1.82) is 0 Å². The van der Waals surface area contributed by atoms with Gasteiger partial charge in [-0.1, -0.05) is 0 Å². The van der Waals surface area contributed by atoms with Gasteiger partial charge in [-0.3, -0.25) is 4.79 Å². The molecule has 0 aromatic carbocycles. The summed E-state index contributed by atoms with van der Waals surface area (Å²) in [6, 6.07) is 2.30. The summed E-state index contributed by atoms with van der Waals surface area (Å²) in [4.78, 5) is 39.8. The standard InChI is InChI=1S/C13H16N4O4/c18-10(17-6-1-2-7-17)8-15-13(21)16-9-4-3-5-14-11(9)12(19)20/h3-5H,1-2,6-8H2,(H,19,20)(H2,15,16,21). The molecule has 0 bridgehead atoms. The Morgan fingerprint density at radius 1 is 1.29 bits per heavy atom. The van der Waals surface area contributed by atoms with E-state index >= 15 is 0 Å². The quantitative estimate of drug-likeness (QED) is 0.749. The first-order valence-corrected chi connectivity index (χ1v) is 6.59. The van der Waals surface area contributed by atoms with Crippen LogP contribution in [0.25, 0.3) is 0 Å². The summed E-state index contributed by atoms with van der Waals surface area (Å²) in [5.74, 6) is -1.38. The highest BCUT2D eigenvalue weighted by molar-refractivity contribution is 5.99. The van der Waals surface area contributed by atoms with Crippen LogP contribution in [-0.4, -0.2) is 52.5 Å². The van der Waals surface area contributed by atoms with Crippen molar-refractivity contribution in [2.45, 2.75) is 12.8 Å². The molecule has 8 nitrogen and oxygen atoms in total. The van der Waals surface area contributed by atoms with Gasteiger partial charge in [0.15, 0.2) is 5.69 Å². The fourth-order valence-electron chi connectivity index (χ4n) is 2.08. The van der Waals surface area contributed by atoms with Crippen molar-refractivity contribution >= 4 is 23.6 Å². The van der Waals surface area contributed by atoms with Crippen LogP contribution in [0.4, 0.5) is 10.5 Å². The zero-order valence-electron chi connectivity index (χ0n) is 11.3. The van der Waals surface area contributed by atoms with Crippen LogP contribution in [0.5, 0.6) is 0 Å². The molecular weight excluding hydrogens is 276 g/mol. The second-order valence-corrected chi connectivity index (χ2v) is 4.60. The molecule has 1 fully saturated rings. The van der Waals surface area contributed by atoms with Crippen LogP contribution in [0, 0.1) is 0 Å². The number of carbonyl (C=O) groups excluding carboxylic acids is 2. The van der Waals surface area contributed by atoms with E-state index in [1.165, 1.54) is 18.3 Å². The van der Waals surface area contributed by atoms with Gasteiger partial charge in [0.05, 0.1) is 12.2 Å². The van der Waals surface area contributed by atoms with E-state index in [1.54, 1.807) is 4.90 Å². The minimum absolute atomic E-state index is 0.0797. The van der Waals surface area contributed by atoms with Crippen molar-refractivity contribution in [2.75, 3.05) is 25.0 Å². The molecule has 8 heteroatoms. The lowest BCUT2D eigenvalue weighted by molar-refractivity contribution is -0.128. The van der Waals surface area contributed by atoms with Gasteiger partial charge >= 0.3 is 12.0 Å². The van der Waals surface area contributed by atoms with Crippen LogP contribution in [0.15, 0.2) is 18.3 Å². The molecule has 112 valence electrons. The average Bonchev–Trinajstić information content (AvgIpc) is 2.99. The lowest BCUT2D eigenvalue weighted by Crippen LogP contribution is -2.40. The Labute approximate surface area is 121 Å². The van der Waals surface area contributed by atoms with E-state index in [2.05, 4.69) is 15.6 Å². The molecule has 0 atom stereocenters. The van der Waals surface area contributed by atoms with Gasteiger partial charge in [-0.15, -0.1) is 0 Å². The van der Waals surface area contributed by atoms with Crippen LogP contribution in [0.1, 0.15) is 23.3 Å².